The predicted molar refractivity (Wildman–Crippen MR) is 62.7 cm³/mol. The molecule has 0 bridgehead atoms. The molecule has 12 heavy (non-hydrogen) atoms. The SMILES string of the molecule is CCC(C)(O[Si](C)(C)C)[SiH2]O[SiH3]. The van der Waals surface area contributed by atoms with Crippen molar-refractivity contribution >= 4 is 28.6 Å². The van der Waals surface area contributed by atoms with Crippen molar-refractivity contribution in [1.82, 2.24) is 0 Å². The van der Waals surface area contributed by atoms with Crippen LogP contribution in [0.3, 0.4) is 0 Å². The van der Waals surface area contributed by atoms with E-state index in [1.807, 2.05) is 0 Å². The van der Waals surface area contributed by atoms with Gasteiger partial charge in [-0.1, -0.05) is 6.92 Å². The highest BCUT2D eigenvalue weighted by atomic mass is 28.4. The highest BCUT2D eigenvalue weighted by Crippen LogP contribution is 2.19. The minimum atomic E-state index is -1.38. The first-order valence-electron chi connectivity index (χ1n) is 4.52. The van der Waals surface area contributed by atoms with Crippen molar-refractivity contribution < 1.29 is 8.54 Å². The molecule has 0 aliphatic heterocycles. The fourth-order valence-corrected chi connectivity index (χ4v) is 7.05. The molecule has 0 heterocycles. The molecule has 74 valence electrons. The monoisotopic (exact) mass is 222 g/mol. The molecular formula is C7H22O2Si3. The molecule has 0 radical (unpaired) electrons. The van der Waals surface area contributed by atoms with Crippen molar-refractivity contribution in [2.24, 2.45) is 0 Å². The second-order valence-electron chi connectivity index (χ2n) is 4.45. The summed E-state index contributed by atoms with van der Waals surface area (Å²) >= 11 is 0. The van der Waals surface area contributed by atoms with Gasteiger partial charge >= 0.3 is 0 Å². The van der Waals surface area contributed by atoms with Gasteiger partial charge in [-0.05, 0) is 33.0 Å². The van der Waals surface area contributed by atoms with E-state index in [0.717, 1.165) is 16.9 Å². The van der Waals surface area contributed by atoms with Crippen molar-refractivity contribution in [2.45, 2.75) is 45.1 Å². The van der Waals surface area contributed by atoms with Crippen molar-refractivity contribution in [3.63, 3.8) is 0 Å². The molecule has 0 aliphatic carbocycles. The molecule has 0 amide bonds. The summed E-state index contributed by atoms with van der Waals surface area (Å²) < 4.78 is 11.5. The Bertz CT molecular complexity index is 135. The van der Waals surface area contributed by atoms with Crippen molar-refractivity contribution in [2.75, 3.05) is 0 Å². The maximum atomic E-state index is 6.11. The first kappa shape index (κ1) is 12.6. The van der Waals surface area contributed by atoms with E-state index < -0.39 is 18.1 Å². The number of hydrogen-bond acceptors (Lipinski definition) is 2. The van der Waals surface area contributed by atoms with Gasteiger partial charge in [0.05, 0.1) is 5.22 Å². The Labute approximate surface area is 82.7 Å². The Morgan fingerprint density at radius 1 is 1.42 bits per heavy atom. The fourth-order valence-electron chi connectivity index (χ4n) is 1.25. The first-order chi connectivity index (χ1) is 5.33. The van der Waals surface area contributed by atoms with Crippen LogP contribution in [0.15, 0.2) is 0 Å². The minimum Gasteiger partial charge on any atom is -0.466 e. The van der Waals surface area contributed by atoms with Crippen molar-refractivity contribution in [3.8, 4) is 0 Å². The van der Waals surface area contributed by atoms with Crippen LogP contribution >= 0.6 is 0 Å². The van der Waals surface area contributed by atoms with Crippen LogP contribution in [0.4, 0.5) is 0 Å². The van der Waals surface area contributed by atoms with Crippen LogP contribution in [-0.4, -0.2) is 33.8 Å². The van der Waals surface area contributed by atoms with Crippen LogP contribution in [0.2, 0.25) is 19.6 Å². The van der Waals surface area contributed by atoms with E-state index in [9.17, 15) is 0 Å². The third-order valence-corrected chi connectivity index (χ3v) is 5.55. The van der Waals surface area contributed by atoms with E-state index in [4.69, 9.17) is 8.54 Å². The van der Waals surface area contributed by atoms with E-state index in [0.29, 0.717) is 0 Å². The second kappa shape index (κ2) is 4.71. The highest BCUT2D eigenvalue weighted by Gasteiger charge is 2.30. The summed E-state index contributed by atoms with van der Waals surface area (Å²) in [6, 6.07) is 0. The van der Waals surface area contributed by atoms with Crippen LogP contribution in [0.1, 0.15) is 20.3 Å². The van der Waals surface area contributed by atoms with E-state index >= 15 is 0 Å². The van der Waals surface area contributed by atoms with Gasteiger partial charge in [-0.25, -0.2) is 0 Å². The zero-order valence-electron chi connectivity index (χ0n) is 9.23. The lowest BCUT2D eigenvalue weighted by Crippen LogP contribution is -2.45. The summed E-state index contributed by atoms with van der Waals surface area (Å²) in [6.07, 6.45) is 1.09. The Morgan fingerprint density at radius 2 is 1.92 bits per heavy atom. The molecule has 0 aromatic carbocycles. The summed E-state index contributed by atoms with van der Waals surface area (Å²) in [7, 11) is -0.984. The van der Waals surface area contributed by atoms with E-state index in [-0.39, 0.29) is 5.22 Å². The largest absolute Gasteiger partial charge is 0.466 e. The molecule has 0 saturated heterocycles. The Morgan fingerprint density at radius 3 is 2.17 bits per heavy atom. The summed E-state index contributed by atoms with van der Waals surface area (Å²) in [5.41, 5.74) is 0. The molecule has 0 rings (SSSR count). The van der Waals surface area contributed by atoms with Gasteiger partial charge in [-0.3, -0.25) is 0 Å². The summed E-state index contributed by atoms with van der Waals surface area (Å²) in [5, 5.41) is 0.0895. The number of rotatable bonds is 5. The first-order valence-corrected chi connectivity index (χ1v) is 10.0. The zero-order valence-corrected chi connectivity index (χ0v) is 13.6. The Hall–Kier alpha value is 0.571. The molecule has 0 fully saturated rings. The van der Waals surface area contributed by atoms with E-state index in [1.165, 1.54) is 0 Å². The van der Waals surface area contributed by atoms with Gasteiger partial charge in [-0.15, -0.1) is 0 Å². The van der Waals surface area contributed by atoms with Gasteiger partial charge in [-0.2, -0.15) is 0 Å². The third kappa shape index (κ3) is 5.26. The lowest BCUT2D eigenvalue weighted by molar-refractivity contribution is 0.149. The summed E-state index contributed by atoms with van der Waals surface area (Å²) in [4.78, 5) is 0. The summed E-state index contributed by atoms with van der Waals surface area (Å²) in [6.45, 7) is 11.1. The van der Waals surface area contributed by atoms with Crippen molar-refractivity contribution in [3.05, 3.63) is 0 Å². The predicted octanol–water partition coefficient (Wildman–Crippen LogP) is 0.345. The Kier molecular flexibility index (Phi) is 4.93. The van der Waals surface area contributed by atoms with Crippen molar-refractivity contribution in [1.29, 1.82) is 0 Å². The Balaban J connectivity index is 4.14. The quantitative estimate of drug-likeness (QED) is 0.625. The standard InChI is InChI=1S/C7H22O2Si3/c1-6-7(2,11-9-10)8-12(3,4)5/h6,11H2,1-5,10H3. The molecule has 0 aromatic heterocycles. The van der Waals surface area contributed by atoms with Crippen LogP contribution in [-0.2, 0) is 8.54 Å². The molecule has 1 unspecified atom stereocenters. The van der Waals surface area contributed by atoms with Crippen LogP contribution < -0.4 is 0 Å². The molecule has 0 N–H and O–H groups in total. The maximum absolute atomic E-state index is 6.11. The smallest absolute Gasteiger partial charge is 0.184 e. The van der Waals surface area contributed by atoms with E-state index in [1.54, 1.807) is 0 Å². The zero-order chi connectivity index (χ0) is 9.83. The normalized spacial score (nSPS) is 18.8. The van der Waals surface area contributed by atoms with E-state index in [2.05, 4.69) is 33.5 Å². The number of hydrogen-bond donors (Lipinski definition) is 0. The second-order valence-corrected chi connectivity index (χ2v) is 13.0. The van der Waals surface area contributed by atoms with Gasteiger partial charge in [0.2, 0.25) is 0 Å². The average Bonchev–Trinajstić information content (AvgIpc) is 1.84. The lowest BCUT2D eigenvalue weighted by atomic mass is 10.3. The van der Waals surface area contributed by atoms with Crippen LogP contribution in [0, 0.1) is 0 Å². The molecule has 0 aliphatic rings. The van der Waals surface area contributed by atoms with Gasteiger partial charge in [0.25, 0.3) is 0 Å². The molecular weight excluding hydrogens is 200 g/mol. The topological polar surface area (TPSA) is 18.5 Å². The van der Waals surface area contributed by atoms with Gasteiger partial charge in [0, 0.05) is 0 Å². The third-order valence-electron chi connectivity index (χ3n) is 1.75. The maximum Gasteiger partial charge on any atom is 0.184 e. The lowest BCUT2D eigenvalue weighted by Gasteiger charge is -2.34. The summed E-state index contributed by atoms with van der Waals surface area (Å²) in [5.74, 6) is 0. The highest BCUT2D eigenvalue weighted by molar-refractivity contribution is 6.70. The molecule has 0 spiro atoms. The fraction of sp³-hybridized carbons (Fsp3) is 1.00. The van der Waals surface area contributed by atoms with Gasteiger partial charge < -0.3 is 8.54 Å². The van der Waals surface area contributed by atoms with Crippen LogP contribution in [0.5, 0.6) is 0 Å². The van der Waals surface area contributed by atoms with Crippen LogP contribution in [0.25, 0.3) is 0 Å². The molecule has 5 heteroatoms. The molecule has 2 nitrogen and oxygen atoms in total. The van der Waals surface area contributed by atoms with Gasteiger partial charge in [0.1, 0.15) is 10.5 Å². The molecule has 1 atom stereocenters. The molecule has 0 aromatic rings. The molecule has 0 saturated carbocycles. The minimum absolute atomic E-state index is 0.0895. The average molecular weight is 223 g/mol. The van der Waals surface area contributed by atoms with Gasteiger partial charge in [0.15, 0.2) is 18.1 Å².